The van der Waals surface area contributed by atoms with Gasteiger partial charge < -0.3 is 5.73 Å². The molecule has 3 heteroatoms. The minimum absolute atomic E-state index is 0.428. The second-order valence-electron chi connectivity index (χ2n) is 4.54. The molecule has 0 saturated heterocycles. The third-order valence-corrected chi connectivity index (χ3v) is 3.04. The second kappa shape index (κ2) is 3.64. The van der Waals surface area contributed by atoms with Gasteiger partial charge in [-0.05, 0) is 18.8 Å². The molecule has 2 rings (SSSR count). The summed E-state index contributed by atoms with van der Waals surface area (Å²) in [6.07, 6.45) is 7.20. The lowest BCUT2D eigenvalue weighted by Gasteiger charge is -2.08. The van der Waals surface area contributed by atoms with Gasteiger partial charge in [0.25, 0.3) is 0 Å². The SMILES string of the molecule is CC(C)c1nn(C2CCCC2)cc1N. The molecule has 1 aliphatic carbocycles. The Morgan fingerprint density at radius 2 is 2.07 bits per heavy atom. The maximum atomic E-state index is 5.93. The lowest BCUT2D eigenvalue weighted by atomic mass is 10.1. The van der Waals surface area contributed by atoms with Gasteiger partial charge in [-0.15, -0.1) is 0 Å². The molecule has 0 radical (unpaired) electrons. The Bertz CT molecular complexity index is 308. The number of nitrogens with two attached hydrogens (primary N) is 1. The third kappa shape index (κ3) is 1.63. The van der Waals surface area contributed by atoms with Crippen molar-refractivity contribution in [2.24, 2.45) is 0 Å². The Balaban J connectivity index is 2.22. The first kappa shape index (κ1) is 9.56. The molecule has 0 unspecified atom stereocenters. The van der Waals surface area contributed by atoms with Crippen molar-refractivity contribution < 1.29 is 0 Å². The van der Waals surface area contributed by atoms with Crippen LogP contribution < -0.4 is 5.73 Å². The van der Waals surface area contributed by atoms with Gasteiger partial charge in [-0.3, -0.25) is 4.68 Å². The fourth-order valence-electron chi connectivity index (χ4n) is 2.22. The smallest absolute Gasteiger partial charge is 0.0879 e. The van der Waals surface area contributed by atoms with Gasteiger partial charge in [0.1, 0.15) is 0 Å². The van der Waals surface area contributed by atoms with Gasteiger partial charge in [0.2, 0.25) is 0 Å². The standard InChI is InChI=1S/C11H19N3/c1-8(2)11-10(12)7-14(13-11)9-5-3-4-6-9/h7-9H,3-6,12H2,1-2H3. The molecule has 14 heavy (non-hydrogen) atoms. The molecule has 1 aliphatic rings. The number of nitrogens with zero attached hydrogens (tertiary/aromatic N) is 2. The molecule has 0 amide bonds. The van der Waals surface area contributed by atoms with Crippen molar-refractivity contribution in [1.29, 1.82) is 0 Å². The summed E-state index contributed by atoms with van der Waals surface area (Å²) in [6.45, 7) is 4.27. The van der Waals surface area contributed by atoms with E-state index in [-0.39, 0.29) is 0 Å². The molecular weight excluding hydrogens is 174 g/mol. The molecule has 1 fully saturated rings. The van der Waals surface area contributed by atoms with Crippen LogP contribution in [0.5, 0.6) is 0 Å². The van der Waals surface area contributed by atoms with E-state index in [9.17, 15) is 0 Å². The van der Waals surface area contributed by atoms with Crippen molar-refractivity contribution in [3.05, 3.63) is 11.9 Å². The molecule has 78 valence electrons. The number of hydrogen-bond acceptors (Lipinski definition) is 2. The molecule has 0 bridgehead atoms. The first-order valence-corrected chi connectivity index (χ1v) is 5.53. The number of nitrogen functional groups attached to an aromatic ring is 1. The van der Waals surface area contributed by atoms with E-state index in [1.165, 1.54) is 25.7 Å². The highest BCUT2D eigenvalue weighted by Gasteiger charge is 2.19. The summed E-state index contributed by atoms with van der Waals surface area (Å²) in [5, 5.41) is 4.58. The van der Waals surface area contributed by atoms with E-state index in [4.69, 9.17) is 5.73 Å². The molecule has 0 aromatic carbocycles. The van der Waals surface area contributed by atoms with Crippen LogP contribution in [-0.2, 0) is 0 Å². The predicted molar refractivity (Wildman–Crippen MR) is 58.2 cm³/mol. The van der Waals surface area contributed by atoms with Crippen molar-refractivity contribution in [3.63, 3.8) is 0 Å². The Labute approximate surface area is 85.3 Å². The van der Waals surface area contributed by atoms with Crippen LogP contribution in [0.15, 0.2) is 6.20 Å². The van der Waals surface area contributed by atoms with Crippen LogP contribution in [0.1, 0.15) is 57.2 Å². The van der Waals surface area contributed by atoms with Gasteiger partial charge >= 0.3 is 0 Å². The average Bonchev–Trinajstić information content (AvgIpc) is 2.70. The van der Waals surface area contributed by atoms with Crippen LogP contribution in [0.2, 0.25) is 0 Å². The number of rotatable bonds is 2. The van der Waals surface area contributed by atoms with Gasteiger partial charge in [0, 0.05) is 6.20 Å². The minimum Gasteiger partial charge on any atom is -0.396 e. The van der Waals surface area contributed by atoms with Crippen molar-refractivity contribution in [3.8, 4) is 0 Å². The monoisotopic (exact) mass is 193 g/mol. The van der Waals surface area contributed by atoms with Gasteiger partial charge in [0.15, 0.2) is 0 Å². The van der Waals surface area contributed by atoms with Crippen LogP contribution >= 0.6 is 0 Å². The highest BCUT2D eigenvalue weighted by molar-refractivity contribution is 5.42. The van der Waals surface area contributed by atoms with Crippen LogP contribution in [0.25, 0.3) is 0 Å². The molecule has 1 saturated carbocycles. The largest absolute Gasteiger partial charge is 0.396 e. The molecule has 2 N–H and O–H groups in total. The Kier molecular flexibility index (Phi) is 2.48. The summed E-state index contributed by atoms with van der Waals surface area (Å²) in [5.41, 5.74) is 7.83. The summed E-state index contributed by atoms with van der Waals surface area (Å²) in [6, 6.07) is 0.602. The van der Waals surface area contributed by atoms with Crippen molar-refractivity contribution in [2.45, 2.75) is 51.5 Å². The predicted octanol–water partition coefficient (Wildman–Crippen LogP) is 2.70. The molecule has 0 atom stereocenters. The average molecular weight is 193 g/mol. The summed E-state index contributed by atoms with van der Waals surface area (Å²) in [5.74, 6) is 0.428. The topological polar surface area (TPSA) is 43.8 Å². The highest BCUT2D eigenvalue weighted by Crippen LogP contribution is 2.31. The minimum atomic E-state index is 0.428. The van der Waals surface area contributed by atoms with Gasteiger partial charge in [0.05, 0.1) is 17.4 Å². The first-order valence-electron chi connectivity index (χ1n) is 5.53. The Hall–Kier alpha value is -0.990. The summed E-state index contributed by atoms with van der Waals surface area (Å²) < 4.78 is 2.08. The number of aromatic nitrogens is 2. The van der Waals surface area contributed by atoms with E-state index in [0.717, 1.165) is 11.4 Å². The molecule has 1 aromatic rings. The van der Waals surface area contributed by atoms with E-state index >= 15 is 0 Å². The fraction of sp³-hybridized carbons (Fsp3) is 0.727. The Morgan fingerprint density at radius 1 is 1.43 bits per heavy atom. The second-order valence-corrected chi connectivity index (χ2v) is 4.54. The fourth-order valence-corrected chi connectivity index (χ4v) is 2.22. The van der Waals surface area contributed by atoms with E-state index in [1.807, 2.05) is 6.20 Å². The van der Waals surface area contributed by atoms with Crippen molar-refractivity contribution in [1.82, 2.24) is 9.78 Å². The normalized spacial score (nSPS) is 18.2. The van der Waals surface area contributed by atoms with E-state index in [0.29, 0.717) is 12.0 Å². The van der Waals surface area contributed by atoms with Crippen LogP contribution in [0.3, 0.4) is 0 Å². The third-order valence-electron chi connectivity index (χ3n) is 3.04. The first-order chi connectivity index (χ1) is 6.68. The van der Waals surface area contributed by atoms with E-state index in [1.54, 1.807) is 0 Å². The quantitative estimate of drug-likeness (QED) is 0.784. The van der Waals surface area contributed by atoms with E-state index < -0.39 is 0 Å². The van der Waals surface area contributed by atoms with Gasteiger partial charge in [-0.2, -0.15) is 5.10 Å². The molecule has 0 aliphatic heterocycles. The zero-order valence-corrected chi connectivity index (χ0v) is 9.03. The highest BCUT2D eigenvalue weighted by atomic mass is 15.3. The summed E-state index contributed by atoms with van der Waals surface area (Å²) >= 11 is 0. The molecule has 0 spiro atoms. The lowest BCUT2D eigenvalue weighted by molar-refractivity contribution is 0.461. The van der Waals surface area contributed by atoms with Gasteiger partial charge in [-0.1, -0.05) is 26.7 Å². The Morgan fingerprint density at radius 3 is 2.57 bits per heavy atom. The van der Waals surface area contributed by atoms with Crippen molar-refractivity contribution in [2.75, 3.05) is 5.73 Å². The van der Waals surface area contributed by atoms with Crippen LogP contribution in [0, 0.1) is 0 Å². The zero-order valence-electron chi connectivity index (χ0n) is 9.03. The summed E-state index contributed by atoms with van der Waals surface area (Å²) in [7, 11) is 0. The van der Waals surface area contributed by atoms with Gasteiger partial charge in [-0.25, -0.2) is 0 Å². The van der Waals surface area contributed by atoms with Crippen molar-refractivity contribution >= 4 is 5.69 Å². The van der Waals surface area contributed by atoms with E-state index in [2.05, 4.69) is 23.6 Å². The molecule has 3 nitrogen and oxygen atoms in total. The number of anilines is 1. The molecule has 1 aromatic heterocycles. The molecule has 1 heterocycles. The van der Waals surface area contributed by atoms with Crippen LogP contribution in [0.4, 0.5) is 5.69 Å². The maximum Gasteiger partial charge on any atom is 0.0879 e. The molecular formula is C11H19N3. The maximum absolute atomic E-state index is 5.93. The number of hydrogen-bond donors (Lipinski definition) is 1. The zero-order chi connectivity index (χ0) is 10.1. The van der Waals surface area contributed by atoms with Crippen LogP contribution in [-0.4, -0.2) is 9.78 Å². The summed E-state index contributed by atoms with van der Waals surface area (Å²) in [4.78, 5) is 0. The lowest BCUT2D eigenvalue weighted by Crippen LogP contribution is -2.05.